The number of carbonyl (C=O) groups is 3. The van der Waals surface area contributed by atoms with Crippen molar-refractivity contribution in [3.63, 3.8) is 0 Å². The Morgan fingerprint density at radius 2 is 1.80 bits per heavy atom. The third kappa shape index (κ3) is 6.40. The number of esters is 1. The predicted molar refractivity (Wildman–Crippen MR) is 114 cm³/mol. The molecule has 0 unspecified atom stereocenters. The van der Waals surface area contributed by atoms with Gasteiger partial charge in [-0.2, -0.15) is 5.10 Å². The molecule has 162 valence electrons. The van der Waals surface area contributed by atoms with Crippen LogP contribution < -0.4 is 5.32 Å². The van der Waals surface area contributed by atoms with Crippen molar-refractivity contribution in [1.29, 1.82) is 0 Å². The van der Waals surface area contributed by atoms with Crippen LogP contribution in [0.5, 0.6) is 0 Å². The summed E-state index contributed by atoms with van der Waals surface area (Å²) >= 11 is 0. The van der Waals surface area contributed by atoms with Gasteiger partial charge in [0.2, 0.25) is 5.91 Å². The number of hydrogen-bond acceptors (Lipinski definition) is 5. The Morgan fingerprint density at radius 1 is 1.10 bits per heavy atom. The van der Waals surface area contributed by atoms with E-state index in [-0.39, 0.29) is 30.7 Å². The van der Waals surface area contributed by atoms with Crippen LogP contribution in [0.1, 0.15) is 70.3 Å². The molecule has 1 saturated carbocycles. The minimum absolute atomic E-state index is 0.0152. The molecule has 0 radical (unpaired) electrons. The highest BCUT2D eigenvalue weighted by atomic mass is 16.5. The lowest BCUT2D eigenvalue weighted by Crippen LogP contribution is -2.41. The molecule has 0 aromatic heterocycles. The lowest BCUT2D eigenvalue weighted by molar-refractivity contribution is -0.156. The molecule has 30 heavy (non-hydrogen) atoms. The summed E-state index contributed by atoms with van der Waals surface area (Å²) in [6.45, 7) is 2.08. The maximum Gasteiger partial charge on any atom is 0.307 e. The van der Waals surface area contributed by atoms with Crippen LogP contribution in [0.25, 0.3) is 0 Å². The maximum absolute atomic E-state index is 12.4. The number of hydrogen-bond donors (Lipinski definition) is 1. The standard InChI is InChI=1S/C23H31N3O4/c1-17(23(29)24-19-11-7-2-3-8-12-19)30-22(28)14-13-21(27)26-16-15-20(25-26)18-9-5-4-6-10-18/h4-6,9-10,17,19H,2-3,7-8,11-16H2,1H3,(H,24,29)/t17-/m0/s1. The van der Waals surface area contributed by atoms with Crippen LogP contribution in [0.15, 0.2) is 35.4 Å². The van der Waals surface area contributed by atoms with Crippen LogP contribution in [-0.2, 0) is 19.1 Å². The van der Waals surface area contributed by atoms with Crippen molar-refractivity contribution in [1.82, 2.24) is 10.3 Å². The van der Waals surface area contributed by atoms with Gasteiger partial charge in [0.25, 0.3) is 5.91 Å². The van der Waals surface area contributed by atoms with Gasteiger partial charge in [-0.15, -0.1) is 0 Å². The molecule has 1 N–H and O–H groups in total. The van der Waals surface area contributed by atoms with Gasteiger partial charge in [0.1, 0.15) is 0 Å². The summed E-state index contributed by atoms with van der Waals surface area (Å²) in [7, 11) is 0. The number of amides is 2. The molecule has 1 aliphatic carbocycles. The summed E-state index contributed by atoms with van der Waals surface area (Å²) in [5.41, 5.74) is 1.87. The lowest BCUT2D eigenvalue weighted by Gasteiger charge is -2.19. The number of nitrogens with one attached hydrogen (secondary N) is 1. The number of benzene rings is 1. The number of hydrazone groups is 1. The van der Waals surface area contributed by atoms with Crippen molar-refractivity contribution in [2.75, 3.05) is 6.54 Å². The summed E-state index contributed by atoms with van der Waals surface area (Å²) in [6.07, 6.45) is 6.39. The van der Waals surface area contributed by atoms with Gasteiger partial charge in [-0.05, 0) is 25.3 Å². The van der Waals surface area contributed by atoms with Crippen molar-refractivity contribution >= 4 is 23.5 Å². The molecule has 7 heteroatoms. The Kier molecular flexibility index (Phi) is 7.99. The SMILES string of the molecule is C[C@H](OC(=O)CCC(=O)N1CCC(c2ccccc2)=N1)C(=O)NC1CCCCCC1. The zero-order valence-corrected chi connectivity index (χ0v) is 17.6. The average molecular weight is 414 g/mol. The van der Waals surface area contributed by atoms with E-state index in [1.165, 1.54) is 17.9 Å². The first kappa shape index (κ1) is 22.0. The van der Waals surface area contributed by atoms with E-state index in [4.69, 9.17) is 4.74 Å². The van der Waals surface area contributed by atoms with Gasteiger partial charge in [0, 0.05) is 18.9 Å². The topological polar surface area (TPSA) is 88.1 Å². The van der Waals surface area contributed by atoms with Crippen molar-refractivity contribution in [2.24, 2.45) is 5.10 Å². The van der Waals surface area contributed by atoms with Crippen molar-refractivity contribution in [2.45, 2.75) is 76.9 Å². The molecule has 0 bridgehead atoms. The van der Waals surface area contributed by atoms with E-state index < -0.39 is 12.1 Å². The van der Waals surface area contributed by atoms with Gasteiger partial charge in [0.15, 0.2) is 6.10 Å². The van der Waals surface area contributed by atoms with Crippen LogP contribution in [-0.4, -0.2) is 47.2 Å². The molecule has 0 spiro atoms. The van der Waals surface area contributed by atoms with E-state index in [2.05, 4.69) is 10.4 Å². The minimum Gasteiger partial charge on any atom is -0.453 e. The van der Waals surface area contributed by atoms with Gasteiger partial charge in [-0.1, -0.05) is 56.0 Å². The lowest BCUT2D eigenvalue weighted by atomic mass is 10.1. The molecule has 7 nitrogen and oxygen atoms in total. The van der Waals surface area contributed by atoms with Crippen LogP contribution in [0.3, 0.4) is 0 Å². The fourth-order valence-corrected chi connectivity index (χ4v) is 3.86. The molecular weight excluding hydrogens is 382 g/mol. The van der Waals surface area contributed by atoms with E-state index in [1.54, 1.807) is 6.92 Å². The van der Waals surface area contributed by atoms with Crippen LogP contribution in [0.2, 0.25) is 0 Å². The van der Waals surface area contributed by atoms with Gasteiger partial charge in [-0.3, -0.25) is 14.4 Å². The van der Waals surface area contributed by atoms with E-state index in [0.29, 0.717) is 13.0 Å². The first-order valence-electron chi connectivity index (χ1n) is 11.0. The summed E-state index contributed by atoms with van der Waals surface area (Å²) in [6, 6.07) is 9.90. The maximum atomic E-state index is 12.4. The number of ether oxygens (including phenoxy) is 1. The Balaban J connectivity index is 1.40. The van der Waals surface area contributed by atoms with Gasteiger partial charge in [0.05, 0.1) is 18.7 Å². The van der Waals surface area contributed by atoms with Crippen LogP contribution in [0.4, 0.5) is 0 Å². The number of carbonyl (C=O) groups excluding carboxylic acids is 3. The highest BCUT2D eigenvalue weighted by molar-refractivity contribution is 6.02. The Bertz CT molecular complexity index is 770. The molecule has 2 amide bonds. The molecule has 0 saturated heterocycles. The van der Waals surface area contributed by atoms with Gasteiger partial charge in [-0.25, -0.2) is 5.01 Å². The number of nitrogens with zero attached hydrogens (tertiary/aromatic N) is 2. The van der Waals surface area contributed by atoms with Crippen molar-refractivity contribution in [3.8, 4) is 0 Å². The fourth-order valence-electron chi connectivity index (χ4n) is 3.86. The zero-order valence-electron chi connectivity index (χ0n) is 17.6. The third-order valence-electron chi connectivity index (χ3n) is 5.62. The monoisotopic (exact) mass is 413 g/mol. The Hall–Kier alpha value is -2.70. The molecular formula is C23H31N3O4. The Labute approximate surface area is 177 Å². The Morgan fingerprint density at radius 3 is 2.50 bits per heavy atom. The molecule has 1 aliphatic heterocycles. The summed E-state index contributed by atoms with van der Waals surface area (Å²) in [5, 5.41) is 8.78. The molecule has 1 atom stereocenters. The van der Waals surface area contributed by atoms with Crippen LogP contribution >= 0.6 is 0 Å². The second-order valence-electron chi connectivity index (χ2n) is 8.01. The van der Waals surface area contributed by atoms with E-state index >= 15 is 0 Å². The summed E-state index contributed by atoms with van der Waals surface area (Å²) in [5.74, 6) is -1.02. The molecule has 1 aromatic rings. The highest BCUT2D eigenvalue weighted by Crippen LogP contribution is 2.18. The molecule has 2 aliphatic rings. The number of rotatable bonds is 7. The molecule has 3 rings (SSSR count). The highest BCUT2D eigenvalue weighted by Gasteiger charge is 2.24. The quantitative estimate of drug-likeness (QED) is 0.549. The fraction of sp³-hybridized carbons (Fsp3) is 0.565. The first-order valence-corrected chi connectivity index (χ1v) is 11.0. The molecule has 1 fully saturated rings. The van der Waals surface area contributed by atoms with Crippen LogP contribution in [0, 0.1) is 0 Å². The summed E-state index contributed by atoms with van der Waals surface area (Å²) < 4.78 is 5.23. The van der Waals surface area contributed by atoms with Gasteiger partial charge < -0.3 is 10.1 Å². The average Bonchev–Trinajstić information content (AvgIpc) is 3.11. The predicted octanol–water partition coefficient (Wildman–Crippen LogP) is 3.17. The smallest absolute Gasteiger partial charge is 0.307 e. The minimum atomic E-state index is -0.856. The molecule has 1 heterocycles. The van der Waals surface area contributed by atoms with Crippen molar-refractivity contribution < 1.29 is 19.1 Å². The second-order valence-corrected chi connectivity index (χ2v) is 8.01. The molecule has 1 aromatic carbocycles. The van der Waals surface area contributed by atoms with Gasteiger partial charge >= 0.3 is 5.97 Å². The largest absolute Gasteiger partial charge is 0.453 e. The summed E-state index contributed by atoms with van der Waals surface area (Å²) in [4.78, 5) is 36.8. The zero-order chi connectivity index (χ0) is 21.3. The third-order valence-corrected chi connectivity index (χ3v) is 5.62. The normalized spacial score (nSPS) is 18.3. The van der Waals surface area contributed by atoms with Crippen molar-refractivity contribution in [3.05, 3.63) is 35.9 Å². The van der Waals surface area contributed by atoms with E-state index in [9.17, 15) is 14.4 Å². The second kappa shape index (κ2) is 10.9. The first-order chi connectivity index (χ1) is 14.5. The van der Waals surface area contributed by atoms with E-state index in [1.807, 2.05) is 30.3 Å². The van der Waals surface area contributed by atoms with E-state index in [0.717, 1.165) is 37.0 Å².